The second-order valence-electron chi connectivity index (χ2n) is 10.4. The predicted molar refractivity (Wildman–Crippen MR) is 150 cm³/mol. The maximum absolute atomic E-state index is 14.3. The van der Waals surface area contributed by atoms with Crippen LogP contribution in [0.2, 0.25) is 0 Å². The summed E-state index contributed by atoms with van der Waals surface area (Å²) in [6.45, 7) is 1.92. The Balaban J connectivity index is 1.72. The highest BCUT2D eigenvalue weighted by Gasteiger charge is 2.71. The molecule has 39 heavy (non-hydrogen) atoms. The summed E-state index contributed by atoms with van der Waals surface area (Å²) in [6, 6.07) is 26.2. The average Bonchev–Trinajstić information content (AvgIpc) is 3.32. The number of methoxy groups -OCH3 is 2. The Hall–Kier alpha value is -4.40. The molecule has 5 heteroatoms. The Labute approximate surface area is 228 Å². The normalized spacial score (nSPS) is 28.4. The molecule has 2 heterocycles. The third-order valence-electron chi connectivity index (χ3n) is 8.41. The Morgan fingerprint density at radius 3 is 2.28 bits per heavy atom. The zero-order chi connectivity index (χ0) is 27.2. The van der Waals surface area contributed by atoms with Crippen LogP contribution < -0.4 is 0 Å². The molecular weight excluding hydrogens is 486 g/mol. The summed E-state index contributed by atoms with van der Waals surface area (Å²) in [4.78, 5) is 30.2. The van der Waals surface area contributed by atoms with Crippen molar-refractivity contribution < 1.29 is 19.1 Å². The van der Waals surface area contributed by atoms with Gasteiger partial charge in [-0.1, -0.05) is 84.6 Å². The molecule has 3 aromatic rings. The summed E-state index contributed by atoms with van der Waals surface area (Å²) in [5.74, 6) is 5.55. The number of nitrogens with zero attached hydrogens (tertiary/aromatic N) is 1. The number of carbonyl (C=O) groups excluding carboxylic acids is 2. The van der Waals surface area contributed by atoms with Crippen LogP contribution in [0.3, 0.4) is 0 Å². The first kappa shape index (κ1) is 24.9. The molecule has 3 aromatic carbocycles. The number of fused-ring (bicyclic) bond motifs is 5. The van der Waals surface area contributed by atoms with E-state index in [0.29, 0.717) is 0 Å². The van der Waals surface area contributed by atoms with Crippen LogP contribution in [0, 0.1) is 23.2 Å². The molecule has 0 N–H and O–H groups in total. The van der Waals surface area contributed by atoms with Crippen molar-refractivity contribution in [3.05, 3.63) is 119 Å². The first-order chi connectivity index (χ1) is 18.9. The van der Waals surface area contributed by atoms with Gasteiger partial charge in [0.05, 0.1) is 18.8 Å². The van der Waals surface area contributed by atoms with Gasteiger partial charge in [-0.15, -0.1) is 0 Å². The van der Waals surface area contributed by atoms with Gasteiger partial charge in [0.1, 0.15) is 11.5 Å². The summed E-state index contributed by atoms with van der Waals surface area (Å²) >= 11 is 0. The summed E-state index contributed by atoms with van der Waals surface area (Å²) in [7, 11) is 3.00. The number of allylic oxidation sites excluding steroid dienone is 1. The molecule has 1 saturated heterocycles. The fourth-order valence-electron chi connectivity index (χ4n) is 6.60. The van der Waals surface area contributed by atoms with Crippen LogP contribution >= 0.6 is 0 Å². The second kappa shape index (κ2) is 9.41. The van der Waals surface area contributed by atoms with Gasteiger partial charge in [-0.3, -0.25) is 4.79 Å². The van der Waals surface area contributed by atoms with Gasteiger partial charge in [0.15, 0.2) is 5.78 Å². The van der Waals surface area contributed by atoms with Gasteiger partial charge in [0.2, 0.25) is 0 Å². The highest BCUT2D eigenvalue weighted by atomic mass is 16.5. The third kappa shape index (κ3) is 3.67. The SMILES string of the molecule is COC(=O)[C@@H]1[C@@H]2[C@@](C#Cc3ccccc3)(C(=O)C=C[C@]2(C)OC)[C@H]2c3ccccc3C=C(c3ccccc3)N12. The lowest BCUT2D eigenvalue weighted by Gasteiger charge is -2.45. The fourth-order valence-corrected chi connectivity index (χ4v) is 6.60. The maximum atomic E-state index is 14.3. The minimum atomic E-state index is -1.29. The van der Waals surface area contributed by atoms with Crippen LogP contribution in [-0.4, -0.2) is 42.5 Å². The highest BCUT2D eigenvalue weighted by molar-refractivity contribution is 6.03. The number of ether oxygens (including phenoxy) is 2. The molecule has 0 spiro atoms. The van der Waals surface area contributed by atoms with Crippen molar-refractivity contribution in [2.45, 2.75) is 24.6 Å². The van der Waals surface area contributed by atoms with Gasteiger partial charge >= 0.3 is 5.97 Å². The summed E-state index contributed by atoms with van der Waals surface area (Å²) in [5, 5.41) is 0. The van der Waals surface area contributed by atoms with Crippen LogP contribution in [0.4, 0.5) is 0 Å². The number of rotatable bonds is 3. The van der Waals surface area contributed by atoms with Gasteiger partial charge in [-0.25, -0.2) is 4.79 Å². The Kier molecular flexibility index (Phi) is 6.01. The van der Waals surface area contributed by atoms with Crippen LogP contribution in [0.25, 0.3) is 11.8 Å². The van der Waals surface area contributed by atoms with E-state index in [1.165, 1.54) is 7.11 Å². The molecule has 5 atom stereocenters. The van der Waals surface area contributed by atoms with E-state index < -0.39 is 35.0 Å². The molecule has 6 rings (SSSR count). The Morgan fingerprint density at radius 1 is 0.923 bits per heavy atom. The molecule has 0 aromatic heterocycles. The van der Waals surface area contributed by atoms with Crippen molar-refractivity contribution in [2.24, 2.45) is 11.3 Å². The highest BCUT2D eigenvalue weighted by Crippen LogP contribution is 2.64. The van der Waals surface area contributed by atoms with Gasteiger partial charge in [0, 0.05) is 24.3 Å². The van der Waals surface area contributed by atoms with E-state index in [-0.39, 0.29) is 5.78 Å². The van der Waals surface area contributed by atoms with Crippen molar-refractivity contribution in [2.75, 3.05) is 14.2 Å². The molecule has 3 aliphatic rings. The predicted octanol–water partition coefficient (Wildman–Crippen LogP) is 5.29. The molecule has 0 amide bonds. The van der Waals surface area contributed by atoms with Crippen LogP contribution in [-0.2, 0) is 19.1 Å². The van der Waals surface area contributed by atoms with Crippen LogP contribution in [0.1, 0.15) is 35.2 Å². The van der Waals surface area contributed by atoms with E-state index in [4.69, 9.17) is 9.47 Å². The second-order valence-corrected chi connectivity index (χ2v) is 10.4. The van der Waals surface area contributed by atoms with Crippen molar-refractivity contribution in [3.8, 4) is 11.8 Å². The summed E-state index contributed by atoms with van der Waals surface area (Å²) in [6.07, 6.45) is 5.45. The van der Waals surface area contributed by atoms with Crippen molar-refractivity contribution in [1.82, 2.24) is 4.90 Å². The van der Waals surface area contributed by atoms with Crippen molar-refractivity contribution in [3.63, 3.8) is 0 Å². The van der Waals surface area contributed by atoms with E-state index in [1.54, 1.807) is 19.3 Å². The first-order valence-corrected chi connectivity index (χ1v) is 13.0. The minimum Gasteiger partial charge on any atom is -0.467 e. The van der Waals surface area contributed by atoms with Gasteiger partial charge in [-0.05, 0) is 54.0 Å². The Morgan fingerprint density at radius 2 is 1.59 bits per heavy atom. The quantitative estimate of drug-likeness (QED) is 0.350. The van der Waals surface area contributed by atoms with E-state index in [2.05, 4.69) is 22.8 Å². The molecule has 5 nitrogen and oxygen atoms in total. The first-order valence-electron chi connectivity index (χ1n) is 13.0. The average molecular weight is 516 g/mol. The number of esters is 1. The fraction of sp³-hybridized carbons (Fsp3) is 0.235. The molecule has 1 fully saturated rings. The molecular formula is C34H29NO4. The van der Waals surface area contributed by atoms with E-state index in [9.17, 15) is 9.59 Å². The largest absolute Gasteiger partial charge is 0.467 e. The van der Waals surface area contributed by atoms with Gasteiger partial charge in [-0.2, -0.15) is 0 Å². The number of benzene rings is 3. The number of hydrogen-bond acceptors (Lipinski definition) is 5. The standard InChI is InChI=1S/C34H29NO4/c1-33(39-3)20-19-28(36)34(21-18-23-12-6-4-7-13-23)30(33)29(32(37)38-2)35-27(24-14-8-5-9-15-24)22-25-16-10-11-17-26(25)31(34)35/h4-17,19-20,22,29-31H,1-3H3/t29-,30-,31+,33-,34+/m0/s1. The number of hydrogen-bond donors (Lipinski definition) is 0. The van der Waals surface area contributed by atoms with Crippen LogP contribution in [0.5, 0.6) is 0 Å². The molecule has 0 saturated carbocycles. The van der Waals surface area contributed by atoms with E-state index >= 15 is 0 Å². The molecule has 0 unspecified atom stereocenters. The lowest BCUT2D eigenvalue weighted by atomic mass is 9.58. The van der Waals surface area contributed by atoms with Gasteiger partial charge in [0.25, 0.3) is 0 Å². The number of ketones is 1. The van der Waals surface area contributed by atoms with Crippen LogP contribution in [0.15, 0.2) is 97.1 Å². The topological polar surface area (TPSA) is 55.8 Å². The zero-order valence-electron chi connectivity index (χ0n) is 22.1. The third-order valence-corrected chi connectivity index (χ3v) is 8.41. The smallest absolute Gasteiger partial charge is 0.329 e. The summed E-state index contributed by atoms with van der Waals surface area (Å²) in [5.41, 5.74) is 2.25. The molecule has 0 bridgehead atoms. The molecule has 194 valence electrons. The monoisotopic (exact) mass is 515 g/mol. The van der Waals surface area contributed by atoms with E-state index in [0.717, 1.165) is 28.0 Å². The van der Waals surface area contributed by atoms with Crippen molar-refractivity contribution >= 4 is 23.5 Å². The number of carbonyl (C=O) groups is 2. The lowest BCUT2D eigenvalue weighted by Crippen LogP contribution is -2.55. The molecule has 1 aliphatic carbocycles. The lowest BCUT2D eigenvalue weighted by molar-refractivity contribution is -0.151. The van der Waals surface area contributed by atoms with Crippen molar-refractivity contribution in [1.29, 1.82) is 0 Å². The maximum Gasteiger partial charge on any atom is 0.329 e. The summed E-state index contributed by atoms with van der Waals surface area (Å²) < 4.78 is 11.6. The molecule has 2 aliphatic heterocycles. The zero-order valence-corrected chi connectivity index (χ0v) is 22.1. The van der Waals surface area contributed by atoms with E-state index in [1.807, 2.05) is 91.9 Å². The molecule has 0 radical (unpaired) electrons. The minimum absolute atomic E-state index is 0.143. The Bertz CT molecular complexity index is 1560. The van der Waals surface area contributed by atoms with Gasteiger partial charge < -0.3 is 14.4 Å².